The van der Waals surface area contributed by atoms with E-state index in [1.165, 1.54) is 10.7 Å². The van der Waals surface area contributed by atoms with Crippen molar-refractivity contribution in [2.75, 3.05) is 5.32 Å². The lowest BCUT2D eigenvalue weighted by molar-refractivity contribution is 0.0699. The van der Waals surface area contributed by atoms with Crippen LogP contribution in [0.25, 0.3) is 5.65 Å². The summed E-state index contributed by atoms with van der Waals surface area (Å²) >= 11 is 0. The smallest absolute Gasteiger partial charge is 0.341 e. The van der Waals surface area contributed by atoms with Gasteiger partial charge >= 0.3 is 5.97 Å². The Morgan fingerprint density at radius 1 is 1.29 bits per heavy atom. The van der Waals surface area contributed by atoms with E-state index in [0.717, 1.165) is 12.1 Å². The van der Waals surface area contributed by atoms with Crippen molar-refractivity contribution in [2.24, 2.45) is 0 Å². The summed E-state index contributed by atoms with van der Waals surface area (Å²) in [7, 11) is 0. The van der Waals surface area contributed by atoms with Gasteiger partial charge in [-0.3, -0.25) is 0 Å². The Morgan fingerprint density at radius 3 is 2.88 bits per heavy atom. The first-order chi connectivity index (χ1) is 11.5. The minimum atomic E-state index is -1.13. The quantitative estimate of drug-likeness (QED) is 0.772. The van der Waals surface area contributed by atoms with Crippen LogP contribution < -0.4 is 5.32 Å². The van der Waals surface area contributed by atoms with E-state index in [0.29, 0.717) is 29.8 Å². The molecule has 24 heavy (non-hydrogen) atoms. The van der Waals surface area contributed by atoms with Crippen LogP contribution in [0, 0.1) is 11.6 Å². The van der Waals surface area contributed by atoms with Crippen molar-refractivity contribution in [2.45, 2.75) is 18.9 Å². The monoisotopic (exact) mass is 330 g/mol. The van der Waals surface area contributed by atoms with Crippen LogP contribution in [0.4, 0.5) is 14.6 Å². The molecule has 0 saturated heterocycles. The Morgan fingerprint density at radius 2 is 2.08 bits per heavy atom. The second-order valence-corrected chi connectivity index (χ2v) is 5.60. The largest absolute Gasteiger partial charge is 0.477 e. The van der Waals surface area contributed by atoms with E-state index in [9.17, 15) is 13.6 Å². The van der Waals surface area contributed by atoms with Crippen molar-refractivity contribution in [3.63, 3.8) is 0 Å². The zero-order valence-electron chi connectivity index (χ0n) is 12.3. The first kappa shape index (κ1) is 14.6. The third-order valence-electron chi connectivity index (χ3n) is 4.20. The molecule has 0 fully saturated rings. The molecule has 1 aliphatic carbocycles. The summed E-state index contributed by atoms with van der Waals surface area (Å²) in [5.41, 5.74) is 0.848. The van der Waals surface area contributed by atoms with Crippen molar-refractivity contribution in [3.8, 4) is 0 Å². The van der Waals surface area contributed by atoms with E-state index in [1.54, 1.807) is 12.3 Å². The van der Waals surface area contributed by atoms with Crippen LogP contribution in [0.1, 0.15) is 33.9 Å². The highest BCUT2D eigenvalue weighted by molar-refractivity contribution is 5.94. The molecular weight excluding hydrogens is 318 g/mol. The van der Waals surface area contributed by atoms with E-state index in [2.05, 4.69) is 15.4 Å². The second-order valence-electron chi connectivity index (χ2n) is 5.60. The molecule has 3 aromatic rings. The number of rotatable bonds is 3. The van der Waals surface area contributed by atoms with Gasteiger partial charge in [-0.2, -0.15) is 5.10 Å². The van der Waals surface area contributed by atoms with Crippen LogP contribution in [0.3, 0.4) is 0 Å². The molecule has 2 heterocycles. The zero-order chi connectivity index (χ0) is 16.8. The van der Waals surface area contributed by atoms with E-state index in [-0.39, 0.29) is 11.2 Å². The third kappa shape index (κ3) is 2.18. The van der Waals surface area contributed by atoms with E-state index in [1.807, 2.05) is 0 Å². The fraction of sp³-hybridized carbons (Fsp3) is 0.188. The lowest BCUT2D eigenvalue weighted by Gasteiger charge is -2.15. The van der Waals surface area contributed by atoms with Crippen LogP contribution in [0.2, 0.25) is 0 Å². The lowest BCUT2D eigenvalue weighted by atomic mass is 10.1. The number of nitrogens with zero attached hydrogens (tertiary/aromatic N) is 3. The molecule has 0 amide bonds. The number of anilines is 1. The summed E-state index contributed by atoms with van der Waals surface area (Å²) in [5, 5.41) is 16.1. The van der Waals surface area contributed by atoms with Gasteiger partial charge in [0.25, 0.3) is 0 Å². The van der Waals surface area contributed by atoms with Gasteiger partial charge in [-0.15, -0.1) is 0 Å². The van der Waals surface area contributed by atoms with Crippen LogP contribution in [0.15, 0.2) is 30.6 Å². The number of halogens is 2. The molecule has 0 saturated carbocycles. The van der Waals surface area contributed by atoms with Crippen molar-refractivity contribution < 1.29 is 18.7 Å². The van der Waals surface area contributed by atoms with Crippen LogP contribution in [-0.4, -0.2) is 25.7 Å². The maximum Gasteiger partial charge on any atom is 0.341 e. The molecule has 2 aromatic heterocycles. The second kappa shape index (κ2) is 5.26. The van der Waals surface area contributed by atoms with Gasteiger partial charge in [-0.25, -0.2) is 23.1 Å². The minimum Gasteiger partial charge on any atom is -0.477 e. The lowest BCUT2D eigenvalue weighted by Crippen LogP contribution is -2.11. The van der Waals surface area contributed by atoms with E-state index in [4.69, 9.17) is 5.11 Å². The van der Waals surface area contributed by atoms with Gasteiger partial charge < -0.3 is 10.4 Å². The number of aromatic carboxylic acids is 1. The highest BCUT2D eigenvalue weighted by Crippen LogP contribution is 2.36. The van der Waals surface area contributed by atoms with Gasteiger partial charge in [-0.05, 0) is 36.6 Å². The Labute approximate surface area is 134 Å². The molecular formula is C16H12F2N4O2. The summed E-state index contributed by atoms with van der Waals surface area (Å²) in [6.07, 6.45) is 3.75. The molecule has 0 spiro atoms. The van der Waals surface area contributed by atoms with Crippen molar-refractivity contribution in [3.05, 3.63) is 58.9 Å². The van der Waals surface area contributed by atoms with E-state index < -0.39 is 23.6 Å². The summed E-state index contributed by atoms with van der Waals surface area (Å²) < 4.78 is 29.2. The molecule has 0 aliphatic heterocycles. The van der Waals surface area contributed by atoms with Crippen molar-refractivity contribution in [1.82, 2.24) is 14.6 Å². The van der Waals surface area contributed by atoms with Crippen LogP contribution in [0.5, 0.6) is 0 Å². The molecule has 4 rings (SSSR count). The first-order valence-electron chi connectivity index (χ1n) is 7.35. The molecule has 0 bridgehead atoms. The summed E-state index contributed by atoms with van der Waals surface area (Å²) in [6, 6.07) is 3.44. The maximum atomic E-state index is 14.1. The van der Waals surface area contributed by atoms with Crippen LogP contribution >= 0.6 is 0 Å². The molecule has 122 valence electrons. The van der Waals surface area contributed by atoms with Gasteiger partial charge in [-0.1, -0.05) is 0 Å². The van der Waals surface area contributed by atoms with Gasteiger partial charge in [0.15, 0.2) is 5.65 Å². The Hall–Kier alpha value is -3.03. The molecule has 1 unspecified atom stereocenters. The molecule has 1 aromatic carbocycles. The number of fused-ring (bicyclic) bond motifs is 2. The average Bonchev–Trinajstić information content (AvgIpc) is 3.16. The molecule has 1 aliphatic rings. The highest BCUT2D eigenvalue weighted by atomic mass is 19.1. The molecule has 1 atom stereocenters. The summed E-state index contributed by atoms with van der Waals surface area (Å²) in [4.78, 5) is 15.4. The average molecular weight is 330 g/mol. The van der Waals surface area contributed by atoms with Crippen molar-refractivity contribution in [1.29, 1.82) is 0 Å². The number of aromatic nitrogens is 3. The maximum absolute atomic E-state index is 14.1. The third-order valence-corrected chi connectivity index (χ3v) is 4.20. The topological polar surface area (TPSA) is 79.5 Å². The van der Waals surface area contributed by atoms with Gasteiger partial charge in [0.2, 0.25) is 0 Å². The number of carboxylic acid groups (broad SMARTS) is 1. The molecule has 2 N–H and O–H groups in total. The SMILES string of the molecule is O=C(O)c1cnn2ccc(NC3CCc4c(F)ccc(F)c43)nc12. The standard InChI is InChI=1S/C16H12F2N4O2/c17-10-2-3-11(18)14-8(10)1-4-12(14)20-13-5-6-22-15(21-13)9(7-19-22)16(23)24/h2-3,5-7,12H,1,4H2,(H,20,21)(H,23,24). The predicted molar refractivity (Wildman–Crippen MR) is 81.0 cm³/mol. The highest BCUT2D eigenvalue weighted by Gasteiger charge is 2.28. The number of hydrogen-bond donors (Lipinski definition) is 2. The summed E-state index contributed by atoms with van der Waals surface area (Å²) in [6.45, 7) is 0. The normalized spacial score (nSPS) is 16.3. The number of benzene rings is 1. The number of nitrogens with one attached hydrogen (secondary N) is 1. The minimum absolute atomic E-state index is 0.0253. The zero-order valence-corrected chi connectivity index (χ0v) is 12.3. The number of carboxylic acids is 1. The van der Waals surface area contributed by atoms with Gasteiger partial charge in [0.1, 0.15) is 23.0 Å². The number of carbonyl (C=O) groups is 1. The summed E-state index contributed by atoms with van der Waals surface area (Å²) in [5.74, 6) is -1.62. The van der Waals surface area contributed by atoms with Crippen LogP contribution in [-0.2, 0) is 6.42 Å². The Kier molecular flexibility index (Phi) is 3.19. The predicted octanol–water partition coefficient (Wildman–Crippen LogP) is 2.81. The van der Waals surface area contributed by atoms with E-state index >= 15 is 0 Å². The fourth-order valence-corrected chi connectivity index (χ4v) is 3.10. The molecule has 0 radical (unpaired) electrons. The Balaban J connectivity index is 1.71. The van der Waals surface area contributed by atoms with Gasteiger partial charge in [0.05, 0.1) is 12.2 Å². The fourth-order valence-electron chi connectivity index (χ4n) is 3.10. The molecule has 8 heteroatoms. The van der Waals surface area contributed by atoms with Gasteiger partial charge in [0, 0.05) is 11.8 Å². The van der Waals surface area contributed by atoms with Crippen molar-refractivity contribution >= 4 is 17.4 Å². The molecule has 6 nitrogen and oxygen atoms in total. The number of hydrogen-bond acceptors (Lipinski definition) is 4. The Bertz CT molecular complexity index is 970. The first-order valence-corrected chi connectivity index (χ1v) is 7.35.